The van der Waals surface area contributed by atoms with E-state index in [0.29, 0.717) is 31.7 Å². The zero-order chi connectivity index (χ0) is 13.1. The van der Waals surface area contributed by atoms with Gasteiger partial charge in [-0.15, -0.1) is 24.8 Å². The molecule has 1 aromatic rings. The van der Waals surface area contributed by atoms with Crippen molar-refractivity contribution in [2.75, 3.05) is 26.2 Å². The molecule has 0 aliphatic carbocycles. The van der Waals surface area contributed by atoms with Gasteiger partial charge in [0.15, 0.2) is 0 Å². The molecule has 0 radical (unpaired) electrons. The van der Waals surface area contributed by atoms with E-state index in [1.165, 1.54) is 11.4 Å². The normalized spacial score (nSPS) is 17.1. The third-order valence-electron chi connectivity index (χ3n) is 2.91. The van der Waals surface area contributed by atoms with Gasteiger partial charge in [-0.1, -0.05) is 11.3 Å². The molecular formula is C10H15Cl2F2N3O2S. The van der Waals surface area contributed by atoms with Gasteiger partial charge in [0.2, 0.25) is 0 Å². The highest BCUT2D eigenvalue weighted by Crippen LogP contribution is 2.33. The van der Waals surface area contributed by atoms with Crippen LogP contribution in [0.4, 0.5) is 13.8 Å². The van der Waals surface area contributed by atoms with E-state index in [2.05, 4.69) is 5.32 Å². The van der Waals surface area contributed by atoms with Crippen molar-refractivity contribution in [3.05, 3.63) is 27.1 Å². The minimum atomic E-state index is -2.54. The second-order valence-electron chi connectivity index (χ2n) is 4.04. The maximum atomic E-state index is 13.2. The summed E-state index contributed by atoms with van der Waals surface area (Å²) in [4.78, 5) is 11.7. The molecule has 2 rings (SSSR count). The summed E-state index contributed by atoms with van der Waals surface area (Å²) in [6.45, 7) is 2.38. The number of piperazine rings is 1. The standard InChI is InChI=1S/C10H13F2N3O2S.2ClH/c11-10(12)9(14-3-1-13-2-4-14)7-5-8(15(16)17)18-6-7;;/h5-6,9-10,13H,1-4H2;2*1H/t9-;;/m1../s1. The largest absolute Gasteiger partial charge is 0.324 e. The molecule has 0 amide bonds. The van der Waals surface area contributed by atoms with Gasteiger partial charge < -0.3 is 5.32 Å². The molecule has 0 bridgehead atoms. The molecule has 1 saturated heterocycles. The molecule has 10 heteroatoms. The van der Waals surface area contributed by atoms with Crippen molar-refractivity contribution in [3.63, 3.8) is 0 Å². The molecular weight excluding hydrogens is 335 g/mol. The van der Waals surface area contributed by atoms with Gasteiger partial charge in [0.1, 0.15) is 0 Å². The second-order valence-corrected chi connectivity index (χ2v) is 4.93. The summed E-state index contributed by atoms with van der Waals surface area (Å²) in [6.07, 6.45) is -2.54. The van der Waals surface area contributed by atoms with Crippen LogP contribution in [-0.2, 0) is 0 Å². The quantitative estimate of drug-likeness (QED) is 0.670. The van der Waals surface area contributed by atoms with Crippen LogP contribution in [-0.4, -0.2) is 42.4 Å². The highest BCUT2D eigenvalue weighted by molar-refractivity contribution is 7.13. The molecule has 1 N–H and O–H groups in total. The summed E-state index contributed by atoms with van der Waals surface area (Å²) in [5, 5.41) is 15.0. The first-order valence-corrected chi connectivity index (χ1v) is 6.43. The maximum Gasteiger partial charge on any atom is 0.324 e. The molecule has 1 aliphatic heterocycles. The highest BCUT2D eigenvalue weighted by Gasteiger charge is 2.31. The number of alkyl halides is 2. The minimum absolute atomic E-state index is 0. The van der Waals surface area contributed by atoms with Crippen molar-refractivity contribution in [3.8, 4) is 0 Å². The zero-order valence-corrected chi connectivity index (χ0v) is 12.8. The Morgan fingerprint density at radius 3 is 2.40 bits per heavy atom. The number of rotatable bonds is 4. The number of hydrogen-bond acceptors (Lipinski definition) is 5. The lowest BCUT2D eigenvalue weighted by Gasteiger charge is -2.33. The summed E-state index contributed by atoms with van der Waals surface area (Å²) >= 11 is 0.893. The fraction of sp³-hybridized carbons (Fsp3) is 0.600. The van der Waals surface area contributed by atoms with Crippen molar-refractivity contribution in [1.29, 1.82) is 0 Å². The van der Waals surface area contributed by atoms with Gasteiger partial charge in [-0.05, 0) is 5.56 Å². The van der Waals surface area contributed by atoms with Crippen molar-refractivity contribution in [2.24, 2.45) is 0 Å². The Hall–Kier alpha value is -0.540. The first-order chi connectivity index (χ1) is 8.59. The Morgan fingerprint density at radius 2 is 1.95 bits per heavy atom. The van der Waals surface area contributed by atoms with Crippen LogP contribution in [0.5, 0.6) is 0 Å². The van der Waals surface area contributed by atoms with E-state index in [-0.39, 0.29) is 29.8 Å². The second kappa shape index (κ2) is 8.68. The molecule has 2 heterocycles. The zero-order valence-electron chi connectivity index (χ0n) is 10.3. The Balaban J connectivity index is 0.00000180. The number of thiophene rings is 1. The van der Waals surface area contributed by atoms with Crippen molar-refractivity contribution >= 4 is 41.2 Å². The van der Waals surface area contributed by atoms with Gasteiger partial charge in [0.25, 0.3) is 6.43 Å². The van der Waals surface area contributed by atoms with Gasteiger partial charge >= 0.3 is 5.00 Å². The smallest absolute Gasteiger partial charge is 0.314 e. The monoisotopic (exact) mass is 349 g/mol. The summed E-state index contributed by atoms with van der Waals surface area (Å²) in [6, 6.07) is 0.209. The average Bonchev–Trinajstić information content (AvgIpc) is 2.79. The van der Waals surface area contributed by atoms with Crippen LogP contribution in [0, 0.1) is 10.1 Å². The van der Waals surface area contributed by atoms with Crippen LogP contribution in [0.3, 0.4) is 0 Å². The first-order valence-electron chi connectivity index (χ1n) is 5.55. The van der Waals surface area contributed by atoms with E-state index in [1.54, 1.807) is 4.90 Å². The summed E-state index contributed by atoms with van der Waals surface area (Å²) in [5.41, 5.74) is 0.337. The fourth-order valence-corrected chi connectivity index (χ4v) is 2.82. The Bertz CT molecular complexity index is 430. The first kappa shape index (κ1) is 19.5. The molecule has 0 spiro atoms. The Morgan fingerprint density at radius 1 is 1.35 bits per heavy atom. The van der Waals surface area contributed by atoms with E-state index in [9.17, 15) is 18.9 Å². The average molecular weight is 350 g/mol. The Labute approximate surface area is 131 Å². The number of nitrogens with zero attached hydrogens (tertiary/aromatic N) is 2. The van der Waals surface area contributed by atoms with Crippen molar-refractivity contribution in [1.82, 2.24) is 10.2 Å². The van der Waals surface area contributed by atoms with E-state index in [0.717, 1.165) is 11.3 Å². The van der Waals surface area contributed by atoms with Crippen LogP contribution in [0.1, 0.15) is 11.6 Å². The van der Waals surface area contributed by atoms with E-state index in [4.69, 9.17) is 0 Å². The lowest BCUT2D eigenvalue weighted by molar-refractivity contribution is -0.380. The molecule has 0 saturated carbocycles. The van der Waals surface area contributed by atoms with Crippen LogP contribution < -0.4 is 5.32 Å². The van der Waals surface area contributed by atoms with E-state index >= 15 is 0 Å². The van der Waals surface area contributed by atoms with Crippen molar-refractivity contribution < 1.29 is 13.7 Å². The van der Waals surface area contributed by atoms with Crippen LogP contribution in [0.25, 0.3) is 0 Å². The molecule has 20 heavy (non-hydrogen) atoms. The van der Waals surface area contributed by atoms with Crippen LogP contribution in [0.15, 0.2) is 11.4 Å². The molecule has 0 unspecified atom stereocenters. The molecule has 0 aromatic carbocycles. The predicted molar refractivity (Wildman–Crippen MR) is 78.7 cm³/mol. The van der Waals surface area contributed by atoms with Gasteiger partial charge in [-0.2, -0.15) is 0 Å². The summed E-state index contributed by atoms with van der Waals surface area (Å²) in [7, 11) is 0. The van der Waals surface area contributed by atoms with Crippen LogP contribution in [0.2, 0.25) is 0 Å². The number of nitrogens with one attached hydrogen (secondary N) is 1. The number of hydrogen-bond donors (Lipinski definition) is 1. The SMILES string of the molecule is Cl.Cl.O=[N+]([O-])c1cc([C@H](C(F)F)N2CCNCC2)cs1. The third kappa shape index (κ3) is 4.49. The van der Waals surface area contributed by atoms with Crippen LogP contribution >= 0.6 is 36.2 Å². The molecule has 1 fully saturated rings. The van der Waals surface area contributed by atoms with Gasteiger partial charge in [0.05, 0.1) is 11.0 Å². The highest BCUT2D eigenvalue weighted by atomic mass is 35.5. The fourth-order valence-electron chi connectivity index (χ4n) is 2.07. The molecule has 1 aliphatic rings. The lowest BCUT2D eigenvalue weighted by atomic mass is 10.1. The third-order valence-corrected chi connectivity index (χ3v) is 3.81. The minimum Gasteiger partial charge on any atom is -0.314 e. The predicted octanol–water partition coefficient (Wildman–Crippen LogP) is 2.71. The lowest BCUT2D eigenvalue weighted by Crippen LogP contribution is -2.46. The van der Waals surface area contributed by atoms with E-state index < -0.39 is 17.4 Å². The van der Waals surface area contributed by atoms with Gasteiger partial charge in [0, 0.05) is 37.6 Å². The van der Waals surface area contributed by atoms with Gasteiger partial charge in [-0.25, -0.2) is 8.78 Å². The van der Waals surface area contributed by atoms with Gasteiger partial charge in [-0.3, -0.25) is 15.0 Å². The maximum absolute atomic E-state index is 13.2. The molecule has 5 nitrogen and oxygen atoms in total. The summed E-state index contributed by atoms with van der Waals surface area (Å²) < 4.78 is 26.3. The summed E-state index contributed by atoms with van der Waals surface area (Å²) in [5.74, 6) is 0. The molecule has 116 valence electrons. The topological polar surface area (TPSA) is 58.4 Å². The van der Waals surface area contributed by atoms with Crippen molar-refractivity contribution in [2.45, 2.75) is 12.5 Å². The molecule has 1 aromatic heterocycles. The number of nitro groups is 1. The Kier molecular flexibility index (Phi) is 8.45. The number of halogens is 4. The van der Waals surface area contributed by atoms with E-state index in [1.807, 2.05) is 0 Å². The molecule has 1 atom stereocenters.